The molecule has 1 N–H and O–H groups in total. The van der Waals surface area contributed by atoms with Crippen LogP contribution in [-0.4, -0.2) is 12.5 Å². The molecule has 0 saturated heterocycles. The number of carbonyl (C=O) groups is 1. The minimum absolute atomic E-state index is 0.136. The quantitative estimate of drug-likeness (QED) is 0.166. The van der Waals surface area contributed by atoms with Crippen LogP contribution >= 0.6 is 45.8 Å². The van der Waals surface area contributed by atoms with Crippen molar-refractivity contribution in [2.24, 2.45) is 0 Å². The number of nitriles is 1. The number of rotatable bonds is 8. The summed E-state index contributed by atoms with van der Waals surface area (Å²) in [5.74, 6) is -0.0566. The molecule has 0 fully saturated rings. The Morgan fingerprint density at radius 2 is 1.94 bits per heavy atom. The lowest BCUT2D eigenvalue weighted by molar-refractivity contribution is -0.112. The highest BCUT2D eigenvalue weighted by molar-refractivity contribution is 14.1. The van der Waals surface area contributed by atoms with Gasteiger partial charge in [-0.05, 0) is 83.1 Å². The number of carbonyl (C=O) groups excluding carboxylic acids is 1. The van der Waals surface area contributed by atoms with Crippen molar-refractivity contribution in [1.29, 1.82) is 5.26 Å². The van der Waals surface area contributed by atoms with E-state index in [0.717, 1.165) is 0 Å². The number of nitrogens with zero attached hydrogens (tertiary/aromatic N) is 1. The second kappa shape index (κ2) is 12.1. The molecule has 0 radical (unpaired) electrons. The molecule has 0 bridgehead atoms. The Balaban J connectivity index is 1.86. The average Bonchev–Trinajstić information content (AvgIpc) is 2.80. The summed E-state index contributed by atoms with van der Waals surface area (Å²) in [6.45, 7) is 2.35. The summed E-state index contributed by atoms with van der Waals surface area (Å²) < 4.78 is 25.8. The molecule has 0 spiro atoms. The molecule has 0 atom stereocenters. The molecule has 3 aromatic carbocycles. The standard InChI is InChI=1S/C25H18Cl2FIN2O3/c1-2-33-22-12-16(11-20(29)24(22)34-14-15-5-3-6-18(28)10-15)9-17(13-30)25(32)31-21-8-4-7-19(26)23(21)27/h3-12H,2,14H2,1H3,(H,31,32)/b17-9-. The lowest BCUT2D eigenvalue weighted by Gasteiger charge is -2.15. The Morgan fingerprint density at radius 1 is 1.18 bits per heavy atom. The number of ether oxygens (including phenoxy) is 2. The van der Waals surface area contributed by atoms with Gasteiger partial charge in [-0.3, -0.25) is 4.79 Å². The minimum Gasteiger partial charge on any atom is -0.490 e. The smallest absolute Gasteiger partial charge is 0.266 e. The van der Waals surface area contributed by atoms with Crippen molar-refractivity contribution in [3.8, 4) is 17.6 Å². The summed E-state index contributed by atoms with van der Waals surface area (Å²) in [5, 5.41) is 12.6. The molecule has 0 aromatic heterocycles. The summed E-state index contributed by atoms with van der Waals surface area (Å²) in [6.07, 6.45) is 1.44. The molecule has 0 saturated carbocycles. The van der Waals surface area contributed by atoms with Gasteiger partial charge in [0.15, 0.2) is 11.5 Å². The van der Waals surface area contributed by atoms with Gasteiger partial charge in [-0.1, -0.05) is 41.4 Å². The van der Waals surface area contributed by atoms with E-state index in [1.807, 2.05) is 13.0 Å². The molecular weight excluding hydrogens is 593 g/mol. The van der Waals surface area contributed by atoms with E-state index in [-0.39, 0.29) is 28.0 Å². The highest BCUT2D eigenvalue weighted by Crippen LogP contribution is 2.36. The number of hydrogen-bond acceptors (Lipinski definition) is 4. The lowest BCUT2D eigenvalue weighted by atomic mass is 10.1. The van der Waals surface area contributed by atoms with Crippen molar-refractivity contribution < 1.29 is 18.7 Å². The SMILES string of the molecule is CCOc1cc(/C=C(/C#N)C(=O)Nc2cccc(Cl)c2Cl)cc(I)c1OCc1cccc(F)c1. The van der Waals surface area contributed by atoms with Gasteiger partial charge >= 0.3 is 0 Å². The number of amides is 1. The second-order valence-electron chi connectivity index (χ2n) is 6.91. The molecule has 0 aliphatic rings. The van der Waals surface area contributed by atoms with E-state index < -0.39 is 5.91 Å². The van der Waals surface area contributed by atoms with E-state index in [1.165, 1.54) is 18.2 Å². The van der Waals surface area contributed by atoms with Gasteiger partial charge in [0.2, 0.25) is 0 Å². The molecule has 9 heteroatoms. The van der Waals surface area contributed by atoms with Gasteiger partial charge in [0.25, 0.3) is 5.91 Å². The van der Waals surface area contributed by atoms with Crippen molar-refractivity contribution in [3.63, 3.8) is 0 Å². The fraction of sp³-hybridized carbons (Fsp3) is 0.120. The molecule has 174 valence electrons. The van der Waals surface area contributed by atoms with Crippen LogP contribution in [0.15, 0.2) is 60.2 Å². The van der Waals surface area contributed by atoms with E-state index in [9.17, 15) is 14.4 Å². The number of benzene rings is 3. The molecular formula is C25H18Cl2FIN2O3. The third-order valence-corrected chi connectivity index (χ3v) is 6.10. The highest BCUT2D eigenvalue weighted by Gasteiger charge is 2.16. The molecule has 0 heterocycles. The second-order valence-corrected chi connectivity index (χ2v) is 8.85. The first-order chi connectivity index (χ1) is 16.3. The molecule has 0 unspecified atom stereocenters. The van der Waals surface area contributed by atoms with Gasteiger partial charge in [-0.2, -0.15) is 5.26 Å². The monoisotopic (exact) mass is 610 g/mol. The molecule has 0 aliphatic heterocycles. The van der Waals surface area contributed by atoms with Crippen molar-refractivity contribution in [2.75, 3.05) is 11.9 Å². The van der Waals surface area contributed by atoms with Crippen LogP contribution in [0.25, 0.3) is 6.08 Å². The minimum atomic E-state index is -0.633. The molecule has 1 amide bonds. The highest BCUT2D eigenvalue weighted by atomic mass is 127. The van der Waals surface area contributed by atoms with E-state index in [1.54, 1.807) is 42.5 Å². The van der Waals surface area contributed by atoms with Gasteiger partial charge in [0.05, 0.1) is 25.9 Å². The maximum absolute atomic E-state index is 13.5. The van der Waals surface area contributed by atoms with Crippen LogP contribution < -0.4 is 14.8 Å². The van der Waals surface area contributed by atoms with Crippen LogP contribution in [0.2, 0.25) is 10.0 Å². The van der Waals surface area contributed by atoms with E-state index >= 15 is 0 Å². The number of nitrogens with one attached hydrogen (secondary N) is 1. The number of halogens is 4. The van der Waals surface area contributed by atoms with Crippen molar-refractivity contribution in [2.45, 2.75) is 13.5 Å². The Bertz CT molecular complexity index is 1290. The maximum atomic E-state index is 13.5. The van der Waals surface area contributed by atoms with Crippen LogP contribution in [0.5, 0.6) is 11.5 Å². The maximum Gasteiger partial charge on any atom is 0.266 e. The van der Waals surface area contributed by atoms with Crippen LogP contribution in [0, 0.1) is 20.7 Å². The summed E-state index contributed by atoms with van der Waals surface area (Å²) in [4.78, 5) is 12.7. The van der Waals surface area contributed by atoms with Crippen molar-refractivity contribution in [3.05, 3.63) is 90.7 Å². The van der Waals surface area contributed by atoms with Crippen molar-refractivity contribution in [1.82, 2.24) is 0 Å². The average molecular weight is 611 g/mol. The summed E-state index contributed by atoms with van der Waals surface area (Å²) in [6, 6.07) is 16.3. The largest absolute Gasteiger partial charge is 0.490 e. The number of hydrogen-bond donors (Lipinski definition) is 1. The van der Waals surface area contributed by atoms with Crippen LogP contribution in [0.1, 0.15) is 18.1 Å². The first-order valence-electron chi connectivity index (χ1n) is 10.0. The topological polar surface area (TPSA) is 71.3 Å². The fourth-order valence-electron chi connectivity index (χ4n) is 2.96. The van der Waals surface area contributed by atoms with Gasteiger partial charge in [0, 0.05) is 0 Å². The Kier molecular flexibility index (Phi) is 9.16. The Labute approximate surface area is 220 Å². The zero-order chi connectivity index (χ0) is 24.7. The first-order valence-corrected chi connectivity index (χ1v) is 11.9. The third-order valence-electron chi connectivity index (χ3n) is 4.48. The molecule has 0 aliphatic carbocycles. The molecule has 3 rings (SSSR count). The normalized spacial score (nSPS) is 11.0. The summed E-state index contributed by atoms with van der Waals surface area (Å²) >= 11 is 14.2. The van der Waals surface area contributed by atoms with Gasteiger partial charge in [0.1, 0.15) is 24.1 Å². The zero-order valence-corrected chi connectivity index (χ0v) is 21.5. The number of anilines is 1. The van der Waals surface area contributed by atoms with E-state index in [4.69, 9.17) is 32.7 Å². The molecule has 34 heavy (non-hydrogen) atoms. The van der Waals surface area contributed by atoms with Crippen LogP contribution in [0.3, 0.4) is 0 Å². The summed E-state index contributed by atoms with van der Waals surface area (Å²) in [7, 11) is 0. The fourth-order valence-corrected chi connectivity index (χ4v) is 4.09. The van der Waals surface area contributed by atoms with Gasteiger partial charge in [-0.15, -0.1) is 0 Å². The zero-order valence-electron chi connectivity index (χ0n) is 17.9. The Morgan fingerprint density at radius 3 is 2.65 bits per heavy atom. The van der Waals surface area contributed by atoms with E-state index in [2.05, 4.69) is 27.9 Å². The first kappa shape index (κ1) is 25.8. The Hall–Kier alpha value is -2.80. The molecule has 3 aromatic rings. The van der Waals surface area contributed by atoms with Gasteiger partial charge < -0.3 is 14.8 Å². The van der Waals surface area contributed by atoms with E-state index in [0.29, 0.717) is 38.5 Å². The predicted molar refractivity (Wildman–Crippen MR) is 140 cm³/mol. The van der Waals surface area contributed by atoms with Gasteiger partial charge in [-0.25, -0.2) is 4.39 Å². The lowest BCUT2D eigenvalue weighted by Crippen LogP contribution is -2.13. The van der Waals surface area contributed by atoms with Crippen LogP contribution in [0.4, 0.5) is 10.1 Å². The van der Waals surface area contributed by atoms with Crippen LogP contribution in [-0.2, 0) is 11.4 Å². The molecule has 5 nitrogen and oxygen atoms in total. The van der Waals surface area contributed by atoms with Crippen molar-refractivity contribution >= 4 is 63.5 Å². The summed E-state index contributed by atoms with van der Waals surface area (Å²) in [5.41, 5.74) is 1.40. The third kappa shape index (κ3) is 6.63. The predicted octanol–water partition coefficient (Wildman–Crippen LogP) is 7.26.